The molecule has 0 amide bonds. The smallest absolute Gasteiger partial charge is 0.226 e. The molecule has 0 saturated heterocycles. The highest BCUT2D eigenvalue weighted by Crippen LogP contribution is 2.25. The number of thiophene rings is 1. The zero-order valence-corrected chi connectivity index (χ0v) is 11.6. The van der Waals surface area contributed by atoms with Crippen molar-refractivity contribution >= 4 is 17.3 Å². The Hall–Kier alpha value is -1.46. The molecule has 2 rings (SSSR count). The molecular formula is C13H18N4S. The topological polar surface area (TPSA) is 55.0 Å². The molecule has 2 heterocycles. The Morgan fingerprint density at radius 3 is 2.61 bits per heavy atom. The molecule has 2 aromatic heterocycles. The fourth-order valence-electron chi connectivity index (χ4n) is 1.79. The van der Waals surface area contributed by atoms with Crippen molar-refractivity contribution in [3.05, 3.63) is 29.3 Å². The summed E-state index contributed by atoms with van der Waals surface area (Å²) in [7, 11) is 0. The third-order valence-electron chi connectivity index (χ3n) is 2.80. The molecule has 0 fully saturated rings. The molecule has 5 heteroatoms. The SMILES string of the molecule is CCN(CC)c1nc(CN)cc(-c2cccs2)n1. The van der Waals surface area contributed by atoms with E-state index in [1.807, 2.05) is 12.1 Å². The first-order valence-electron chi connectivity index (χ1n) is 6.15. The van der Waals surface area contributed by atoms with Gasteiger partial charge in [-0.25, -0.2) is 9.97 Å². The summed E-state index contributed by atoms with van der Waals surface area (Å²) >= 11 is 1.68. The highest BCUT2D eigenvalue weighted by molar-refractivity contribution is 7.13. The summed E-state index contributed by atoms with van der Waals surface area (Å²) in [5.41, 5.74) is 7.56. The zero-order chi connectivity index (χ0) is 13.0. The van der Waals surface area contributed by atoms with Gasteiger partial charge in [0.1, 0.15) is 0 Å². The molecule has 4 nitrogen and oxygen atoms in total. The van der Waals surface area contributed by atoms with E-state index in [4.69, 9.17) is 5.73 Å². The number of nitrogens with zero attached hydrogens (tertiary/aromatic N) is 3. The number of rotatable bonds is 5. The Morgan fingerprint density at radius 1 is 1.28 bits per heavy atom. The van der Waals surface area contributed by atoms with Gasteiger partial charge in [0.25, 0.3) is 0 Å². The summed E-state index contributed by atoms with van der Waals surface area (Å²) in [5, 5.41) is 2.05. The van der Waals surface area contributed by atoms with Gasteiger partial charge in [0.05, 0.1) is 16.3 Å². The lowest BCUT2D eigenvalue weighted by atomic mass is 10.3. The Balaban J connectivity index is 2.45. The lowest BCUT2D eigenvalue weighted by molar-refractivity contribution is 0.809. The van der Waals surface area contributed by atoms with Crippen LogP contribution in [0.5, 0.6) is 0 Å². The fraction of sp³-hybridized carbons (Fsp3) is 0.385. The normalized spacial score (nSPS) is 10.6. The lowest BCUT2D eigenvalue weighted by Crippen LogP contribution is -2.25. The van der Waals surface area contributed by atoms with Crippen LogP contribution in [0, 0.1) is 0 Å². The highest BCUT2D eigenvalue weighted by atomic mass is 32.1. The van der Waals surface area contributed by atoms with Gasteiger partial charge >= 0.3 is 0 Å². The van der Waals surface area contributed by atoms with Gasteiger partial charge in [0, 0.05) is 19.6 Å². The maximum absolute atomic E-state index is 5.72. The molecule has 0 aliphatic carbocycles. The van der Waals surface area contributed by atoms with Crippen LogP contribution in [0.25, 0.3) is 10.6 Å². The minimum Gasteiger partial charge on any atom is -0.341 e. The van der Waals surface area contributed by atoms with E-state index in [1.54, 1.807) is 11.3 Å². The Morgan fingerprint density at radius 2 is 2.06 bits per heavy atom. The van der Waals surface area contributed by atoms with Gasteiger partial charge in [-0.05, 0) is 31.4 Å². The molecule has 0 aliphatic heterocycles. The predicted molar refractivity (Wildman–Crippen MR) is 76.8 cm³/mol. The van der Waals surface area contributed by atoms with Crippen LogP contribution in [0.2, 0.25) is 0 Å². The molecule has 96 valence electrons. The van der Waals surface area contributed by atoms with Crippen molar-refractivity contribution in [3.63, 3.8) is 0 Å². The second-order valence-corrected chi connectivity index (χ2v) is 4.85. The molecule has 0 atom stereocenters. The van der Waals surface area contributed by atoms with Crippen molar-refractivity contribution in [1.82, 2.24) is 9.97 Å². The monoisotopic (exact) mass is 262 g/mol. The second-order valence-electron chi connectivity index (χ2n) is 3.90. The van der Waals surface area contributed by atoms with E-state index < -0.39 is 0 Å². The first kappa shape index (κ1) is 13.0. The molecule has 0 saturated carbocycles. The van der Waals surface area contributed by atoms with Gasteiger partial charge in [-0.15, -0.1) is 11.3 Å². The third-order valence-corrected chi connectivity index (χ3v) is 3.69. The van der Waals surface area contributed by atoms with Crippen molar-refractivity contribution in [3.8, 4) is 10.6 Å². The van der Waals surface area contributed by atoms with Gasteiger partial charge in [-0.1, -0.05) is 6.07 Å². The first-order chi connectivity index (χ1) is 8.78. The first-order valence-corrected chi connectivity index (χ1v) is 7.03. The molecule has 0 unspecified atom stereocenters. The molecule has 2 N–H and O–H groups in total. The molecule has 18 heavy (non-hydrogen) atoms. The van der Waals surface area contributed by atoms with E-state index in [0.717, 1.165) is 35.3 Å². The third kappa shape index (κ3) is 2.68. The van der Waals surface area contributed by atoms with E-state index in [0.29, 0.717) is 6.54 Å². The van der Waals surface area contributed by atoms with Gasteiger partial charge in [0.15, 0.2) is 0 Å². The molecule has 0 radical (unpaired) electrons. The number of nitrogens with two attached hydrogens (primary N) is 1. The van der Waals surface area contributed by atoms with Crippen molar-refractivity contribution in [1.29, 1.82) is 0 Å². The fourth-order valence-corrected chi connectivity index (χ4v) is 2.47. The Bertz CT molecular complexity index is 492. The van der Waals surface area contributed by atoms with Crippen LogP contribution >= 0.6 is 11.3 Å². The zero-order valence-electron chi connectivity index (χ0n) is 10.8. The van der Waals surface area contributed by atoms with E-state index in [1.165, 1.54) is 0 Å². The van der Waals surface area contributed by atoms with Gasteiger partial charge < -0.3 is 10.6 Å². The van der Waals surface area contributed by atoms with Crippen LogP contribution in [0.4, 0.5) is 5.95 Å². The number of anilines is 1. The number of hydrogen-bond acceptors (Lipinski definition) is 5. The number of aromatic nitrogens is 2. The van der Waals surface area contributed by atoms with Crippen LogP contribution in [0.3, 0.4) is 0 Å². The summed E-state index contributed by atoms with van der Waals surface area (Å²) < 4.78 is 0. The van der Waals surface area contributed by atoms with Crippen molar-refractivity contribution in [2.75, 3.05) is 18.0 Å². The summed E-state index contributed by atoms with van der Waals surface area (Å²) in [6.45, 7) is 6.44. The van der Waals surface area contributed by atoms with Crippen molar-refractivity contribution < 1.29 is 0 Å². The van der Waals surface area contributed by atoms with E-state index >= 15 is 0 Å². The average molecular weight is 262 g/mol. The predicted octanol–water partition coefficient (Wildman–Crippen LogP) is 2.51. The quantitative estimate of drug-likeness (QED) is 0.899. The minimum atomic E-state index is 0.440. The summed E-state index contributed by atoms with van der Waals surface area (Å²) in [5.74, 6) is 0.770. The highest BCUT2D eigenvalue weighted by Gasteiger charge is 2.10. The van der Waals surface area contributed by atoms with Crippen LogP contribution < -0.4 is 10.6 Å². The standard InChI is InChI=1S/C13H18N4S/c1-3-17(4-2)13-15-10(9-14)8-11(16-13)12-6-5-7-18-12/h5-8H,3-4,9,14H2,1-2H3. The Labute approximate surface area is 111 Å². The summed E-state index contributed by atoms with van der Waals surface area (Å²) in [6.07, 6.45) is 0. The minimum absolute atomic E-state index is 0.440. The van der Waals surface area contributed by atoms with Crippen LogP contribution in [0.15, 0.2) is 23.6 Å². The molecule has 2 aromatic rings. The maximum atomic E-state index is 5.72. The maximum Gasteiger partial charge on any atom is 0.226 e. The molecule has 0 spiro atoms. The van der Waals surface area contributed by atoms with Gasteiger partial charge in [-0.2, -0.15) is 0 Å². The van der Waals surface area contributed by atoms with E-state index in [-0.39, 0.29) is 0 Å². The largest absolute Gasteiger partial charge is 0.341 e. The average Bonchev–Trinajstić information content (AvgIpc) is 2.94. The lowest BCUT2D eigenvalue weighted by Gasteiger charge is -2.19. The summed E-state index contributed by atoms with van der Waals surface area (Å²) in [4.78, 5) is 12.4. The molecular weight excluding hydrogens is 244 g/mol. The van der Waals surface area contributed by atoms with Gasteiger partial charge in [-0.3, -0.25) is 0 Å². The second kappa shape index (κ2) is 5.93. The molecule has 0 aromatic carbocycles. The van der Waals surface area contributed by atoms with E-state index in [2.05, 4.69) is 40.2 Å². The summed E-state index contributed by atoms with van der Waals surface area (Å²) in [6, 6.07) is 6.07. The van der Waals surface area contributed by atoms with Crippen LogP contribution in [-0.4, -0.2) is 23.1 Å². The number of hydrogen-bond donors (Lipinski definition) is 1. The molecule has 0 bridgehead atoms. The van der Waals surface area contributed by atoms with E-state index in [9.17, 15) is 0 Å². The molecule has 0 aliphatic rings. The van der Waals surface area contributed by atoms with Crippen molar-refractivity contribution in [2.45, 2.75) is 20.4 Å². The van der Waals surface area contributed by atoms with Crippen LogP contribution in [0.1, 0.15) is 19.5 Å². The van der Waals surface area contributed by atoms with Crippen molar-refractivity contribution in [2.24, 2.45) is 5.73 Å². The van der Waals surface area contributed by atoms with Gasteiger partial charge in [0.2, 0.25) is 5.95 Å². The van der Waals surface area contributed by atoms with Crippen LogP contribution in [-0.2, 0) is 6.54 Å². The Kier molecular flexibility index (Phi) is 4.28.